The first-order valence-corrected chi connectivity index (χ1v) is 11.8. The van der Waals surface area contributed by atoms with Crippen LogP contribution in [0.1, 0.15) is 47.6 Å². The Hall–Kier alpha value is -3.10. The molecule has 0 aliphatic carbocycles. The lowest BCUT2D eigenvalue weighted by atomic mass is 9.96. The number of thiocarbonyl (C=S) groups is 1. The van der Waals surface area contributed by atoms with Gasteiger partial charge in [-0.3, -0.25) is 9.78 Å². The number of esters is 1. The average molecular weight is 499 g/mol. The van der Waals surface area contributed by atoms with Crippen molar-refractivity contribution in [2.75, 3.05) is 13.7 Å². The second-order valence-corrected chi connectivity index (χ2v) is 9.12. The lowest BCUT2D eigenvalue weighted by molar-refractivity contribution is -0.140. The van der Waals surface area contributed by atoms with Crippen LogP contribution in [0.2, 0.25) is 5.02 Å². The van der Waals surface area contributed by atoms with E-state index in [9.17, 15) is 9.90 Å². The second kappa shape index (κ2) is 10.0. The first kappa shape index (κ1) is 24.0. The summed E-state index contributed by atoms with van der Waals surface area (Å²) in [5.74, 6) is -0.0977. The van der Waals surface area contributed by atoms with Crippen molar-refractivity contribution in [1.82, 2.24) is 19.8 Å². The Morgan fingerprint density at radius 1 is 1.26 bits per heavy atom. The van der Waals surface area contributed by atoms with Gasteiger partial charge in [-0.1, -0.05) is 17.7 Å². The van der Waals surface area contributed by atoms with Crippen molar-refractivity contribution < 1.29 is 14.6 Å². The summed E-state index contributed by atoms with van der Waals surface area (Å²) < 4.78 is 6.80. The van der Waals surface area contributed by atoms with Gasteiger partial charge in [0.25, 0.3) is 0 Å². The summed E-state index contributed by atoms with van der Waals surface area (Å²) in [4.78, 5) is 18.4. The van der Waals surface area contributed by atoms with Crippen LogP contribution in [0.5, 0.6) is 5.75 Å². The Labute approximate surface area is 209 Å². The Kier molecular flexibility index (Phi) is 7.09. The molecule has 2 aromatic heterocycles. The van der Waals surface area contributed by atoms with Crippen molar-refractivity contribution in [1.29, 1.82) is 0 Å². The fraction of sp³-hybridized carbons (Fsp3) is 0.320. The number of hydrogen-bond donors (Lipinski definition) is 2. The first-order valence-electron chi connectivity index (χ1n) is 11.0. The third kappa shape index (κ3) is 4.60. The van der Waals surface area contributed by atoms with Gasteiger partial charge in [0.05, 0.1) is 30.6 Å². The highest BCUT2D eigenvalue weighted by molar-refractivity contribution is 7.80. The molecular formula is C25H27ClN4O3S. The highest BCUT2D eigenvalue weighted by Crippen LogP contribution is 2.42. The van der Waals surface area contributed by atoms with Crippen LogP contribution in [0, 0.1) is 13.8 Å². The smallest absolute Gasteiger partial charge is 0.305 e. The normalized spacial score (nSPS) is 17.6. The Morgan fingerprint density at radius 2 is 2.06 bits per heavy atom. The van der Waals surface area contributed by atoms with Crippen LogP contribution in [0.25, 0.3) is 5.69 Å². The third-order valence-electron chi connectivity index (χ3n) is 6.17. The van der Waals surface area contributed by atoms with Gasteiger partial charge in [-0.25, -0.2) is 0 Å². The maximum atomic E-state index is 11.7. The summed E-state index contributed by atoms with van der Waals surface area (Å²) in [6, 6.07) is 12.6. The molecule has 2 N–H and O–H groups in total. The molecule has 1 aliphatic rings. The number of carbonyl (C=O) groups excluding carboxylic acids is 1. The third-order valence-corrected chi connectivity index (χ3v) is 6.76. The Morgan fingerprint density at radius 3 is 2.76 bits per heavy atom. The molecule has 1 aliphatic heterocycles. The summed E-state index contributed by atoms with van der Waals surface area (Å²) in [7, 11) is 1.39. The van der Waals surface area contributed by atoms with Crippen LogP contribution in [0.15, 0.2) is 48.7 Å². The topological polar surface area (TPSA) is 79.6 Å². The van der Waals surface area contributed by atoms with Gasteiger partial charge in [0.1, 0.15) is 5.75 Å². The van der Waals surface area contributed by atoms with Crippen LogP contribution in [0.3, 0.4) is 0 Å². The minimum atomic E-state index is -0.245. The standard InChI is InChI=1S/C25H27ClN4O3S/c1-15-13-18(16(2)30(15)20-14-17(26)9-10-21(20)31)24-23(19-7-4-5-11-27-19)28-25(34)29(24)12-6-8-22(32)33-3/h4-5,7,9-11,13-14,23-24,31H,6,8,12H2,1-3H3,(H,28,34)/t23-,24+/m1/s1. The molecule has 2 atom stereocenters. The number of aromatic nitrogens is 2. The number of phenols is 1. The molecule has 0 unspecified atom stereocenters. The van der Waals surface area contributed by atoms with Gasteiger partial charge in [0.15, 0.2) is 5.11 Å². The molecule has 0 radical (unpaired) electrons. The predicted molar refractivity (Wildman–Crippen MR) is 135 cm³/mol. The molecule has 178 valence electrons. The number of nitrogens with zero attached hydrogens (tertiary/aromatic N) is 3. The summed E-state index contributed by atoms with van der Waals surface area (Å²) in [5.41, 5.74) is 4.47. The van der Waals surface area contributed by atoms with Crippen LogP contribution in [-0.2, 0) is 9.53 Å². The number of methoxy groups -OCH3 is 1. The van der Waals surface area contributed by atoms with Crippen molar-refractivity contribution in [3.8, 4) is 11.4 Å². The van der Waals surface area contributed by atoms with Gasteiger partial charge in [-0.15, -0.1) is 0 Å². The highest BCUT2D eigenvalue weighted by atomic mass is 35.5. The maximum absolute atomic E-state index is 11.7. The Balaban J connectivity index is 1.78. The van der Waals surface area contributed by atoms with E-state index >= 15 is 0 Å². The molecule has 34 heavy (non-hydrogen) atoms. The number of aromatic hydroxyl groups is 1. The number of ether oxygens (including phenoxy) is 1. The molecule has 4 rings (SSSR count). The van der Waals surface area contributed by atoms with Crippen molar-refractivity contribution in [2.45, 2.75) is 38.8 Å². The minimum Gasteiger partial charge on any atom is -0.506 e. The van der Waals surface area contributed by atoms with Gasteiger partial charge in [-0.2, -0.15) is 0 Å². The molecule has 3 aromatic rings. The molecule has 7 nitrogen and oxygen atoms in total. The number of rotatable bonds is 7. The number of halogens is 1. The van der Waals surface area contributed by atoms with Crippen LogP contribution < -0.4 is 5.32 Å². The fourth-order valence-electron chi connectivity index (χ4n) is 4.61. The monoisotopic (exact) mass is 498 g/mol. The maximum Gasteiger partial charge on any atom is 0.305 e. The zero-order valence-corrected chi connectivity index (χ0v) is 20.9. The van der Waals surface area contributed by atoms with E-state index in [1.165, 1.54) is 7.11 Å². The molecule has 0 amide bonds. The van der Waals surface area contributed by atoms with Crippen molar-refractivity contribution >= 4 is 34.9 Å². The van der Waals surface area contributed by atoms with Gasteiger partial charge in [0, 0.05) is 35.6 Å². The molecule has 1 aromatic carbocycles. The second-order valence-electron chi connectivity index (χ2n) is 8.29. The summed E-state index contributed by atoms with van der Waals surface area (Å²) in [6.45, 7) is 4.60. The van der Waals surface area contributed by atoms with Crippen molar-refractivity contribution in [2.24, 2.45) is 0 Å². The molecule has 1 fully saturated rings. The van der Waals surface area contributed by atoms with E-state index in [0.29, 0.717) is 35.2 Å². The van der Waals surface area contributed by atoms with E-state index < -0.39 is 0 Å². The molecule has 0 spiro atoms. The van der Waals surface area contributed by atoms with Gasteiger partial charge >= 0.3 is 5.97 Å². The summed E-state index contributed by atoms with van der Waals surface area (Å²) >= 11 is 12.0. The van der Waals surface area contributed by atoms with Crippen LogP contribution in [0.4, 0.5) is 0 Å². The van der Waals surface area contributed by atoms with E-state index in [0.717, 1.165) is 22.6 Å². The fourth-order valence-corrected chi connectivity index (χ4v) is 5.11. The number of nitrogens with one attached hydrogen (secondary N) is 1. The minimum absolute atomic E-state index is 0.147. The number of pyridine rings is 1. The van der Waals surface area contributed by atoms with Crippen molar-refractivity contribution in [3.05, 3.63) is 76.3 Å². The van der Waals surface area contributed by atoms with Crippen LogP contribution >= 0.6 is 23.8 Å². The number of aryl methyl sites for hydroxylation is 1. The molecule has 3 heterocycles. The SMILES string of the molecule is COC(=O)CCCN1C(=S)N[C@H](c2ccccn2)[C@@H]1c1cc(C)n(-c2cc(Cl)ccc2O)c1C. The van der Waals surface area contributed by atoms with E-state index in [1.807, 2.05) is 36.6 Å². The first-order chi connectivity index (χ1) is 16.3. The molecule has 1 saturated heterocycles. The van der Waals surface area contributed by atoms with Crippen LogP contribution in [-0.4, -0.2) is 44.3 Å². The summed E-state index contributed by atoms with van der Waals surface area (Å²) in [6.07, 6.45) is 2.68. The van der Waals surface area contributed by atoms with Crippen molar-refractivity contribution in [3.63, 3.8) is 0 Å². The highest BCUT2D eigenvalue weighted by Gasteiger charge is 2.41. The molecule has 9 heteroatoms. The average Bonchev–Trinajstić information content (AvgIpc) is 3.31. The lowest BCUT2D eigenvalue weighted by Crippen LogP contribution is -2.31. The number of hydrogen-bond acceptors (Lipinski definition) is 5. The van der Waals surface area contributed by atoms with Gasteiger partial charge in [0.2, 0.25) is 0 Å². The zero-order valence-electron chi connectivity index (χ0n) is 19.3. The quantitative estimate of drug-likeness (QED) is 0.358. The lowest BCUT2D eigenvalue weighted by Gasteiger charge is -2.28. The van der Waals surface area contributed by atoms with E-state index in [4.69, 9.17) is 28.6 Å². The van der Waals surface area contributed by atoms with Gasteiger partial charge < -0.3 is 24.6 Å². The van der Waals surface area contributed by atoms with E-state index in [2.05, 4.69) is 21.3 Å². The van der Waals surface area contributed by atoms with E-state index in [-0.39, 0.29) is 23.8 Å². The Bertz CT molecular complexity index is 1210. The number of carbonyl (C=O) groups is 1. The number of benzene rings is 1. The summed E-state index contributed by atoms with van der Waals surface area (Å²) in [5, 5.41) is 15.1. The predicted octanol–water partition coefficient (Wildman–Crippen LogP) is 4.77. The molecule has 0 bridgehead atoms. The zero-order chi connectivity index (χ0) is 24.4. The molecule has 0 saturated carbocycles. The van der Waals surface area contributed by atoms with Gasteiger partial charge in [-0.05, 0) is 74.4 Å². The largest absolute Gasteiger partial charge is 0.506 e. The molecular weight excluding hydrogens is 472 g/mol. The number of phenolic OH excluding ortho intramolecular Hbond substituents is 1. The van der Waals surface area contributed by atoms with E-state index in [1.54, 1.807) is 24.4 Å².